The summed E-state index contributed by atoms with van der Waals surface area (Å²) in [5.74, 6) is -1.18. The maximum atomic E-state index is 13.8. The maximum Gasteiger partial charge on any atom is 0.331 e. The molecule has 0 unspecified atom stereocenters. The standard InChI is InChI=1S/C29H49N3O4/c1-11-20(27(35)36)18-22(17-19(2)3)32(10)26(34)24(28(4,5)6)31-25(33)23(30-9)29(7,8)21-15-13-12-14-16-21/h12-13,15,18-19,22-24,30H,11,14,16-17H2,1-10H3,(H,31,33)(H,35,36)/b20-18+/t22-,23+,24+/m0/s1. The van der Waals surface area contributed by atoms with Crippen LogP contribution in [0.15, 0.2) is 35.5 Å². The first-order valence-corrected chi connectivity index (χ1v) is 13.1. The Morgan fingerprint density at radius 3 is 2.17 bits per heavy atom. The van der Waals surface area contributed by atoms with Crippen LogP contribution < -0.4 is 10.6 Å². The molecule has 3 atom stereocenters. The van der Waals surface area contributed by atoms with E-state index in [1.807, 2.05) is 40.7 Å². The minimum absolute atomic E-state index is 0.227. The number of nitrogens with one attached hydrogen (secondary N) is 2. The molecule has 204 valence electrons. The summed E-state index contributed by atoms with van der Waals surface area (Å²) in [6.07, 6.45) is 10.8. The molecule has 1 rings (SSSR count). The Kier molecular flexibility index (Phi) is 11.6. The van der Waals surface area contributed by atoms with Gasteiger partial charge in [0.1, 0.15) is 6.04 Å². The van der Waals surface area contributed by atoms with Gasteiger partial charge in [-0.05, 0) is 44.1 Å². The zero-order chi connectivity index (χ0) is 27.8. The van der Waals surface area contributed by atoms with E-state index in [-0.39, 0.29) is 29.3 Å². The van der Waals surface area contributed by atoms with Gasteiger partial charge >= 0.3 is 5.97 Å². The van der Waals surface area contributed by atoms with Gasteiger partial charge in [0, 0.05) is 18.0 Å². The average Bonchev–Trinajstić information content (AvgIpc) is 2.78. The second kappa shape index (κ2) is 13.2. The van der Waals surface area contributed by atoms with Crippen LogP contribution in [0.5, 0.6) is 0 Å². The van der Waals surface area contributed by atoms with Gasteiger partial charge in [-0.15, -0.1) is 0 Å². The molecular formula is C29H49N3O4. The quantitative estimate of drug-likeness (QED) is 0.335. The lowest BCUT2D eigenvalue weighted by atomic mass is 9.73. The van der Waals surface area contributed by atoms with Crippen LogP contribution in [0.4, 0.5) is 0 Å². The van der Waals surface area contributed by atoms with Crippen LogP contribution >= 0.6 is 0 Å². The van der Waals surface area contributed by atoms with Crippen LogP contribution in [0.1, 0.15) is 81.1 Å². The highest BCUT2D eigenvalue weighted by atomic mass is 16.4. The monoisotopic (exact) mass is 503 g/mol. The maximum absolute atomic E-state index is 13.8. The van der Waals surface area contributed by atoms with E-state index in [4.69, 9.17) is 0 Å². The average molecular weight is 504 g/mol. The predicted molar refractivity (Wildman–Crippen MR) is 146 cm³/mol. The summed E-state index contributed by atoms with van der Waals surface area (Å²) in [4.78, 5) is 40.7. The van der Waals surface area contributed by atoms with E-state index in [0.29, 0.717) is 12.8 Å². The molecule has 0 aromatic carbocycles. The van der Waals surface area contributed by atoms with E-state index in [1.165, 1.54) is 5.57 Å². The lowest BCUT2D eigenvalue weighted by molar-refractivity contribution is -0.140. The molecule has 0 saturated heterocycles. The largest absolute Gasteiger partial charge is 0.478 e. The van der Waals surface area contributed by atoms with Gasteiger partial charge in [0.25, 0.3) is 0 Å². The second-order valence-corrected chi connectivity index (χ2v) is 11.9. The molecule has 3 N–H and O–H groups in total. The highest BCUT2D eigenvalue weighted by molar-refractivity contribution is 5.91. The molecule has 36 heavy (non-hydrogen) atoms. The minimum Gasteiger partial charge on any atom is -0.478 e. The summed E-state index contributed by atoms with van der Waals surface area (Å²) >= 11 is 0. The van der Waals surface area contributed by atoms with Crippen molar-refractivity contribution in [1.82, 2.24) is 15.5 Å². The van der Waals surface area contributed by atoms with Gasteiger partial charge in [0.15, 0.2) is 0 Å². The number of aliphatic carboxylic acids is 1. The Bertz CT molecular complexity index is 877. The van der Waals surface area contributed by atoms with E-state index in [9.17, 15) is 19.5 Å². The Balaban J connectivity index is 3.30. The summed E-state index contributed by atoms with van der Waals surface area (Å²) < 4.78 is 0. The molecule has 0 radical (unpaired) electrons. The van der Waals surface area contributed by atoms with Crippen molar-refractivity contribution in [3.63, 3.8) is 0 Å². The molecule has 7 heteroatoms. The van der Waals surface area contributed by atoms with E-state index >= 15 is 0 Å². The molecule has 0 spiro atoms. The predicted octanol–water partition coefficient (Wildman–Crippen LogP) is 4.70. The first kappa shape index (κ1) is 31.6. The van der Waals surface area contributed by atoms with Crippen molar-refractivity contribution in [3.8, 4) is 0 Å². The van der Waals surface area contributed by atoms with Gasteiger partial charge in [-0.25, -0.2) is 4.79 Å². The van der Waals surface area contributed by atoms with Gasteiger partial charge in [-0.2, -0.15) is 0 Å². The third-order valence-electron chi connectivity index (χ3n) is 7.12. The van der Waals surface area contributed by atoms with Gasteiger partial charge in [0.05, 0.1) is 12.1 Å². The number of likely N-dealkylation sites (N-methyl/N-ethyl adjacent to an activating group) is 2. The van der Waals surface area contributed by atoms with Crippen LogP contribution in [0, 0.1) is 16.7 Å². The number of carboxylic acids is 1. The van der Waals surface area contributed by atoms with Crippen LogP contribution in [0.3, 0.4) is 0 Å². The highest BCUT2D eigenvalue weighted by Gasteiger charge is 2.42. The van der Waals surface area contributed by atoms with Crippen LogP contribution in [0.2, 0.25) is 0 Å². The first-order chi connectivity index (χ1) is 16.6. The topological polar surface area (TPSA) is 98.7 Å². The molecule has 0 heterocycles. The molecule has 0 saturated carbocycles. The number of carbonyl (C=O) groups excluding carboxylic acids is 2. The molecule has 0 aromatic heterocycles. The van der Waals surface area contributed by atoms with Crippen LogP contribution in [0.25, 0.3) is 0 Å². The van der Waals surface area contributed by atoms with Gasteiger partial charge in [-0.1, -0.05) is 85.3 Å². The lowest BCUT2D eigenvalue weighted by Gasteiger charge is -2.40. The fourth-order valence-corrected chi connectivity index (χ4v) is 4.78. The molecule has 0 bridgehead atoms. The Hall–Kier alpha value is -2.41. The molecule has 0 aliphatic heterocycles. The molecule has 7 nitrogen and oxygen atoms in total. The molecule has 0 aromatic rings. The van der Waals surface area contributed by atoms with Crippen molar-refractivity contribution in [1.29, 1.82) is 0 Å². The van der Waals surface area contributed by atoms with Gasteiger partial charge in [0.2, 0.25) is 11.8 Å². The summed E-state index contributed by atoms with van der Waals surface area (Å²) in [7, 11) is 3.47. The third kappa shape index (κ3) is 8.32. The van der Waals surface area contributed by atoms with E-state index in [2.05, 4.69) is 36.6 Å². The number of hydrogen-bond acceptors (Lipinski definition) is 4. The van der Waals surface area contributed by atoms with E-state index < -0.39 is 28.9 Å². The van der Waals surface area contributed by atoms with Gasteiger partial charge < -0.3 is 20.6 Å². The molecule has 1 aliphatic carbocycles. The number of nitrogens with zero attached hydrogens (tertiary/aromatic N) is 1. The molecular weight excluding hydrogens is 454 g/mol. The number of allylic oxidation sites excluding steroid dienone is 3. The smallest absolute Gasteiger partial charge is 0.331 e. The number of carbonyl (C=O) groups is 3. The SMILES string of the molecule is CC/C(=C\[C@H](CC(C)C)N(C)C(=O)[C@@H](NC(=O)[C@@H](NC)C(C)(C)C1=CC=CCC1)C(C)(C)C)C(=O)O. The minimum atomic E-state index is -0.973. The van der Waals surface area contributed by atoms with Crippen LogP contribution in [-0.4, -0.2) is 60.0 Å². The zero-order valence-corrected chi connectivity index (χ0v) is 24.1. The highest BCUT2D eigenvalue weighted by Crippen LogP contribution is 2.35. The zero-order valence-electron chi connectivity index (χ0n) is 24.1. The van der Waals surface area contributed by atoms with Crippen molar-refractivity contribution in [3.05, 3.63) is 35.5 Å². The molecule has 2 amide bonds. The first-order valence-electron chi connectivity index (χ1n) is 13.1. The normalized spacial score (nSPS) is 17.3. The molecule has 1 aliphatic rings. The number of rotatable bonds is 12. The summed E-state index contributed by atoms with van der Waals surface area (Å²) in [5, 5.41) is 15.8. The Morgan fingerprint density at radius 1 is 1.14 bits per heavy atom. The fourth-order valence-electron chi connectivity index (χ4n) is 4.78. The summed E-state index contributed by atoms with van der Waals surface area (Å²) in [5.41, 5.74) is 0.478. The fraction of sp³-hybridized carbons (Fsp3) is 0.690. The number of carboxylic acid groups (broad SMARTS) is 1. The van der Waals surface area contributed by atoms with Crippen molar-refractivity contribution in [2.45, 2.75) is 99.2 Å². The molecule has 0 fully saturated rings. The summed E-state index contributed by atoms with van der Waals surface area (Å²) in [6.45, 7) is 15.8. The number of amides is 2. The Labute approximate surface area is 218 Å². The number of hydrogen-bond donors (Lipinski definition) is 3. The van der Waals surface area contributed by atoms with Crippen molar-refractivity contribution in [2.75, 3.05) is 14.1 Å². The third-order valence-corrected chi connectivity index (χ3v) is 7.12. The van der Waals surface area contributed by atoms with Crippen LogP contribution in [-0.2, 0) is 14.4 Å². The van der Waals surface area contributed by atoms with Crippen molar-refractivity contribution < 1.29 is 19.5 Å². The summed E-state index contributed by atoms with van der Waals surface area (Å²) in [6, 6.07) is -1.69. The second-order valence-electron chi connectivity index (χ2n) is 11.9. The van der Waals surface area contributed by atoms with E-state index in [0.717, 1.165) is 12.8 Å². The van der Waals surface area contributed by atoms with Crippen molar-refractivity contribution >= 4 is 17.8 Å². The van der Waals surface area contributed by atoms with E-state index in [1.54, 1.807) is 32.0 Å². The lowest BCUT2D eigenvalue weighted by Crippen LogP contribution is -2.61. The van der Waals surface area contributed by atoms with Gasteiger partial charge in [-0.3, -0.25) is 9.59 Å². The Morgan fingerprint density at radius 2 is 1.75 bits per heavy atom. The van der Waals surface area contributed by atoms with Crippen molar-refractivity contribution in [2.24, 2.45) is 16.7 Å².